The highest BCUT2D eigenvalue weighted by Crippen LogP contribution is 2.18. The smallest absolute Gasteiger partial charge is 0.274 e. The molecule has 1 heterocycles. The molecular formula is C18H15ClN4O. The Morgan fingerprint density at radius 2 is 1.79 bits per heavy atom. The van der Waals surface area contributed by atoms with Crippen LogP contribution in [0.2, 0.25) is 5.02 Å². The van der Waals surface area contributed by atoms with Gasteiger partial charge < -0.3 is 10.6 Å². The molecule has 0 fully saturated rings. The summed E-state index contributed by atoms with van der Waals surface area (Å²) in [6.45, 7) is 1.97. The highest BCUT2D eigenvalue weighted by molar-refractivity contribution is 6.30. The lowest BCUT2D eigenvalue weighted by Crippen LogP contribution is -2.14. The molecule has 0 saturated heterocycles. The molecule has 0 spiro atoms. The van der Waals surface area contributed by atoms with Gasteiger partial charge >= 0.3 is 0 Å². The van der Waals surface area contributed by atoms with E-state index in [1.54, 1.807) is 18.2 Å². The fraction of sp³-hybridized carbons (Fsp3) is 0.0556. The van der Waals surface area contributed by atoms with Crippen molar-refractivity contribution in [3.05, 3.63) is 77.2 Å². The molecule has 1 aromatic heterocycles. The molecule has 3 aromatic rings. The molecule has 0 atom stereocenters. The van der Waals surface area contributed by atoms with Crippen LogP contribution < -0.4 is 10.6 Å². The van der Waals surface area contributed by atoms with Gasteiger partial charge in [-0.25, -0.2) is 9.97 Å². The van der Waals surface area contributed by atoms with Crippen molar-refractivity contribution in [2.24, 2.45) is 0 Å². The molecule has 0 aliphatic rings. The van der Waals surface area contributed by atoms with Crippen molar-refractivity contribution in [2.75, 3.05) is 10.6 Å². The highest BCUT2D eigenvalue weighted by atomic mass is 35.5. The first kappa shape index (κ1) is 16.0. The molecule has 0 aliphatic heterocycles. The van der Waals surface area contributed by atoms with E-state index in [0.29, 0.717) is 10.8 Å². The van der Waals surface area contributed by atoms with E-state index in [1.165, 1.54) is 6.33 Å². The molecule has 3 rings (SSSR count). The maximum absolute atomic E-state index is 12.3. The Bertz CT molecular complexity index is 865. The van der Waals surface area contributed by atoms with Crippen molar-refractivity contribution < 1.29 is 4.79 Å². The first-order valence-electron chi connectivity index (χ1n) is 7.33. The second kappa shape index (κ2) is 7.10. The third kappa shape index (κ3) is 4.08. The summed E-state index contributed by atoms with van der Waals surface area (Å²) in [6.07, 6.45) is 1.35. The van der Waals surface area contributed by atoms with Gasteiger partial charge in [0.2, 0.25) is 0 Å². The van der Waals surface area contributed by atoms with Crippen LogP contribution in [0.25, 0.3) is 0 Å². The standard InChI is InChI=1S/C18H15ClN4O/c1-12-3-2-4-15(9-12)23-18(24)16-10-17(21-11-20-16)22-14-7-5-13(19)6-8-14/h2-11H,1H3,(H,23,24)(H,20,21,22). The number of nitrogens with zero attached hydrogens (tertiary/aromatic N) is 2. The first-order chi connectivity index (χ1) is 11.6. The van der Waals surface area contributed by atoms with E-state index >= 15 is 0 Å². The van der Waals surface area contributed by atoms with Gasteiger partial charge in [-0.2, -0.15) is 0 Å². The third-order valence-electron chi connectivity index (χ3n) is 3.29. The van der Waals surface area contributed by atoms with Crippen LogP contribution >= 0.6 is 11.6 Å². The number of amides is 1. The number of aryl methyl sites for hydroxylation is 1. The molecule has 6 heteroatoms. The minimum Gasteiger partial charge on any atom is -0.340 e. The Labute approximate surface area is 144 Å². The molecule has 0 saturated carbocycles. The van der Waals surface area contributed by atoms with Gasteiger partial charge in [-0.1, -0.05) is 23.7 Å². The molecule has 0 aliphatic carbocycles. The number of hydrogen-bond donors (Lipinski definition) is 2. The number of nitrogens with one attached hydrogen (secondary N) is 2. The monoisotopic (exact) mass is 338 g/mol. The van der Waals surface area contributed by atoms with Crippen LogP contribution in [0.4, 0.5) is 17.2 Å². The Kier molecular flexibility index (Phi) is 4.72. The number of aromatic nitrogens is 2. The van der Waals surface area contributed by atoms with Crippen molar-refractivity contribution in [1.29, 1.82) is 0 Å². The molecule has 5 nitrogen and oxygen atoms in total. The minimum absolute atomic E-state index is 0.281. The third-order valence-corrected chi connectivity index (χ3v) is 3.54. The summed E-state index contributed by atoms with van der Waals surface area (Å²) in [6, 6.07) is 16.4. The van der Waals surface area contributed by atoms with Gasteiger partial charge in [0.05, 0.1) is 0 Å². The summed E-state index contributed by atoms with van der Waals surface area (Å²) in [5.41, 5.74) is 2.90. The predicted molar refractivity (Wildman–Crippen MR) is 95.9 cm³/mol. The van der Waals surface area contributed by atoms with Gasteiger partial charge in [0, 0.05) is 22.5 Å². The number of carbonyl (C=O) groups excluding carboxylic acids is 1. The zero-order valence-electron chi connectivity index (χ0n) is 13.0. The fourth-order valence-electron chi connectivity index (χ4n) is 2.15. The normalized spacial score (nSPS) is 10.2. The lowest BCUT2D eigenvalue weighted by atomic mass is 10.2. The number of hydrogen-bond acceptors (Lipinski definition) is 4. The van der Waals surface area contributed by atoms with Crippen LogP contribution in [0.5, 0.6) is 0 Å². The summed E-state index contributed by atoms with van der Waals surface area (Å²) in [4.78, 5) is 20.5. The Balaban J connectivity index is 1.74. The van der Waals surface area contributed by atoms with Crippen LogP contribution in [-0.4, -0.2) is 15.9 Å². The lowest BCUT2D eigenvalue weighted by Gasteiger charge is -2.08. The predicted octanol–water partition coefficient (Wildman–Crippen LogP) is 4.43. The van der Waals surface area contributed by atoms with E-state index in [2.05, 4.69) is 20.6 Å². The number of benzene rings is 2. The molecule has 0 bridgehead atoms. The molecule has 24 heavy (non-hydrogen) atoms. The van der Waals surface area contributed by atoms with Gasteiger partial charge in [-0.3, -0.25) is 4.79 Å². The van der Waals surface area contributed by atoms with E-state index in [-0.39, 0.29) is 11.6 Å². The summed E-state index contributed by atoms with van der Waals surface area (Å²) in [5, 5.41) is 6.59. The summed E-state index contributed by atoms with van der Waals surface area (Å²) in [5.74, 6) is 0.240. The van der Waals surface area contributed by atoms with Crippen molar-refractivity contribution >= 4 is 34.7 Å². The van der Waals surface area contributed by atoms with E-state index < -0.39 is 0 Å². The highest BCUT2D eigenvalue weighted by Gasteiger charge is 2.09. The zero-order chi connectivity index (χ0) is 16.9. The molecule has 120 valence electrons. The van der Waals surface area contributed by atoms with Crippen molar-refractivity contribution in [1.82, 2.24) is 9.97 Å². The van der Waals surface area contributed by atoms with Gasteiger partial charge in [-0.15, -0.1) is 0 Å². The van der Waals surface area contributed by atoms with Crippen molar-refractivity contribution in [3.63, 3.8) is 0 Å². The zero-order valence-corrected chi connectivity index (χ0v) is 13.7. The average Bonchev–Trinajstić information content (AvgIpc) is 2.57. The number of rotatable bonds is 4. The second-order valence-electron chi connectivity index (χ2n) is 5.24. The topological polar surface area (TPSA) is 66.9 Å². The molecule has 0 unspecified atom stereocenters. The molecule has 2 aromatic carbocycles. The summed E-state index contributed by atoms with van der Waals surface area (Å²) in [7, 11) is 0. The van der Waals surface area contributed by atoms with Crippen LogP contribution in [0.15, 0.2) is 60.9 Å². The molecule has 0 radical (unpaired) electrons. The van der Waals surface area contributed by atoms with Gasteiger partial charge in [-0.05, 0) is 48.9 Å². The first-order valence-corrected chi connectivity index (χ1v) is 7.70. The van der Waals surface area contributed by atoms with Crippen LogP contribution in [0.3, 0.4) is 0 Å². The van der Waals surface area contributed by atoms with Crippen molar-refractivity contribution in [3.8, 4) is 0 Å². The van der Waals surface area contributed by atoms with E-state index in [9.17, 15) is 4.79 Å². The fourth-order valence-corrected chi connectivity index (χ4v) is 2.27. The maximum atomic E-state index is 12.3. The summed E-state index contributed by atoms with van der Waals surface area (Å²) >= 11 is 5.86. The van der Waals surface area contributed by atoms with Crippen LogP contribution in [0, 0.1) is 6.92 Å². The average molecular weight is 339 g/mol. The van der Waals surface area contributed by atoms with Crippen molar-refractivity contribution in [2.45, 2.75) is 6.92 Å². The lowest BCUT2D eigenvalue weighted by molar-refractivity contribution is 0.102. The number of anilines is 3. The van der Waals surface area contributed by atoms with Crippen LogP contribution in [0.1, 0.15) is 16.1 Å². The molecule has 2 N–H and O–H groups in total. The molecular weight excluding hydrogens is 324 g/mol. The van der Waals surface area contributed by atoms with Gasteiger partial charge in [0.25, 0.3) is 5.91 Å². The Hall–Kier alpha value is -2.92. The van der Waals surface area contributed by atoms with E-state index in [1.807, 2.05) is 43.3 Å². The van der Waals surface area contributed by atoms with Gasteiger partial charge in [0.1, 0.15) is 17.8 Å². The van der Waals surface area contributed by atoms with Gasteiger partial charge in [0.15, 0.2) is 0 Å². The second-order valence-corrected chi connectivity index (χ2v) is 5.68. The summed E-state index contributed by atoms with van der Waals surface area (Å²) < 4.78 is 0. The Morgan fingerprint density at radius 3 is 2.54 bits per heavy atom. The molecule has 1 amide bonds. The maximum Gasteiger partial charge on any atom is 0.274 e. The number of carbonyl (C=O) groups is 1. The van der Waals surface area contributed by atoms with E-state index in [4.69, 9.17) is 11.6 Å². The van der Waals surface area contributed by atoms with Crippen LogP contribution in [-0.2, 0) is 0 Å². The largest absolute Gasteiger partial charge is 0.340 e. The number of halogens is 1. The SMILES string of the molecule is Cc1cccc(NC(=O)c2cc(Nc3ccc(Cl)cc3)ncn2)c1. The quantitative estimate of drug-likeness (QED) is 0.738. The van der Waals surface area contributed by atoms with E-state index in [0.717, 1.165) is 16.9 Å². The minimum atomic E-state index is -0.290. The Morgan fingerprint density at radius 1 is 1.00 bits per heavy atom.